The van der Waals surface area contributed by atoms with Gasteiger partial charge in [0, 0.05) is 35.8 Å². The molecule has 1 aliphatic rings. The predicted molar refractivity (Wildman–Crippen MR) is 101 cm³/mol. The molecule has 3 heterocycles. The van der Waals surface area contributed by atoms with Crippen LogP contribution >= 0.6 is 0 Å². The molecule has 1 aliphatic heterocycles. The number of hydrogen-bond donors (Lipinski definition) is 0. The van der Waals surface area contributed by atoms with Crippen molar-refractivity contribution in [3.05, 3.63) is 59.9 Å². The molecule has 3 aromatic rings. The molecule has 0 bridgehead atoms. The summed E-state index contributed by atoms with van der Waals surface area (Å²) in [7, 11) is 0. The first-order valence-electron chi connectivity index (χ1n) is 8.94. The summed E-state index contributed by atoms with van der Waals surface area (Å²) in [5.74, 6) is 0.913. The summed E-state index contributed by atoms with van der Waals surface area (Å²) < 4.78 is 7.78. The number of aromatic nitrogens is 2. The van der Waals surface area contributed by atoms with Crippen LogP contribution in [0.15, 0.2) is 48.7 Å². The number of pyridine rings is 1. The zero-order valence-electron chi connectivity index (χ0n) is 15.4. The van der Waals surface area contributed by atoms with Crippen molar-refractivity contribution in [2.75, 3.05) is 6.54 Å². The molecule has 2 aromatic heterocycles. The highest BCUT2D eigenvalue weighted by atomic mass is 16.6. The summed E-state index contributed by atoms with van der Waals surface area (Å²) in [6.45, 7) is 6.89. The molecule has 4 rings (SSSR count). The van der Waals surface area contributed by atoms with E-state index in [1.807, 2.05) is 57.3 Å². The van der Waals surface area contributed by atoms with Crippen LogP contribution in [0.2, 0.25) is 0 Å². The molecule has 0 radical (unpaired) electrons. The molecule has 0 aliphatic carbocycles. The Morgan fingerprint density at radius 3 is 2.62 bits per heavy atom. The van der Waals surface area contributed by atoms with Gasteiger partial charge in [0.15, 0.2) is 0 Å². The SMILES string of the molecule is CC(C)(C)OC(=O)N1CCc2c(c3ccccc3n2-c2ccccn2)C1. The monoisotopic (exact) mass is 349 g/mol. The van der Waals surface area contributed by atoms with E-state index in [9.17, 15) is 4.79 Å². The summed E-state index contributed by atoms with van der Waals surface area (Å²) in [6.07, 6.45) is 2.34. The van der Waals surface area contributed by atoms with Crippen LogP contribution in [0.25, 0.3) is 16.7 Å². The molecule has 26 heavy (non-hydrogen) atoms. The number of ether oxygens (including phenoxy) is 1. The van der Waals surface area contributed by atoms with E-state index in [-0.39, 0.29) is 6.09 Å². The molecule has 0 saturated carbocycles. The molecule has 5 nitrogen and oxygen atoms in total. The molecular formula is C21H23N3O2. The van der Waals surface area contributed by atoms with E-state index in [0.717, 1.165) is 17.8 Å². The smallest absolute Gasteiger partial charge is 0.410 e. The molecule has 0 spiro atoms. The molecule has 0 fully saturated rings. The van der Waals surface area contributed by atoms with Crippen molar-refractivity contribution in [3.8, 4) is 5.82 Å². The van der Waals surface area contributed by atoms with Crippen molar-refractivity contribution in [2.45, 2.75) is 39.3 Å². The number of hydrogen-bond acceptors (Lipinski definition) is 3. The number of carbonyl (C=O) groups is 1. The second-order valence-electron chi connectivity index (χ2n) is 7.62. The largest absolute Gasteiger partial charge is 0.444 e. The van der Waals surface area contributed by atoms with Gasteiger partial charge in [0.1, 0.15) is 11.4 Å². The van der Waals surface area contributed by atoms with Crippen molar-refractivity contribution < 1.29 is 9.53 Å². The van der Waals surface area contributed by atoms with Crippen molar-refractivity contribution in [1.29, 1.82) is 0 Å². The predicted octanol–water partition coefficient (Wildman–Crippen LogP) is 4.32. The highest BCUT2D eigenvalue weighted by Gasteiger charge is 2.29. The molecule has 0 unspecified atom stereocenters. The second kappa shape index (κ2) is 6.16. The lowest BCUT2D eigenvalue weighted by Crippen LogP contribution is -2.40. The van der Waals surface area contributed by atoms with Gasteiger partial charge in [0.25, 0.3) is 0 Å². The third-order valence-corrected chi connectivity index (χ3v) is 4.59. The van der Waals surface area contributed by atoms with E-state index < -0.39 is 5.60 Å². The Morgan fingerprint density at radius 2 is 1.88 bits per heavy atom. The highest BCUT2D eigenvalue weighted by molar-refractivity contribution is 5.88. The standard InChI is InChI=1S/C21H23N3O2/c1-21(2,3)26-20(25)23-13-11-18-16(14-23)15-8-4-5-9-17(15)24(18)19-10-6-7-12-22-19/h4-10,12H,11,13-14H2,1-3H3. The maximum Gasteiger partial charge on any atom is 0.410 e. The Kier molecular flexibility index (Phi) is 3.94. The molecule has 0 atom stereocenters. The van der Waals surface area contributed by atoms with Crippen LogP contribution in [0.3, 0.4) is 0 Å². The normalized spacial score (nSPS) is 14.3. The molecule has 0 saturated heterocycles. The molecule has 134 valence electrons. The van der Waals surface area contributed by atoms with Crippen LogP contribution in [-0.2, 0) is 17.7 Å². The fourth-order valence-corrected chi connectivity index (χ4v) is 3.54. The number of amides is 1. The molecule has 0 N–H and O–H groups in total. The van der Waals surface area contributed by atoms with Crippen LogP contribution in [-0.4, -0.2) is 32.7 Å². The summed E-state index contributed by atoms with van der Waals surface area (Å²) in [5, 5.41) is 1.17. The lowest BCUT2D eigenvalue weighted by Gasteiger charge is -2.30. The van der Waals surface area contributed by atoms with Crippen molar-refractivity contribution in [3.63, 3.8) is 0 Å². The van der Waals surface area contributed by atoms with E-state index in [1.54, 1.807) is 4.90 Å². The molecule has 1 amide bonds. The molecule has 1 aromatic carbocycles. The van der Waals surface area contributed by atoms with Gasteiger partial charge in [-0.05, 0) is 39.0 Å². The maximum absolute atomic E-state index is 12.5. The third kappa shape index (κ3) is 2.94. The van der Waals surface area contributed by atoms with Crippen molar-refractivity contribution in [1.82, 2.24) is 14.5 Å². The average molecular weight is 349 g/mol. The highest BCUT2D eigenvalue weighted by Crippen LogP contribution is 2.33. The van der Waals surface area contributed by atoms with Crippen LogP contribution in [0.1, 0.15) is 32.0 Å². The first kappa shape index (κ1) is 16.6. The molecule has 5 heteroatoms. The lowest BCUT2D eigenvalue weighted by atomic mass is 10.0. The van der Waals surface area contributed by atoms with Gasteiger partial charge in [-0.1, -0.05) is 24.3 Å². The number of para-hydroxylation sites is 1. The fourth-order valence-electron chi connectivity index (χ4n) is 3.54. The second-order valence-corrected chi connectivity index (χ2v) is 7.62. The van der Waals surface area contributed by atoms with Gasteiger partial charge in [-0.2, -0.15) is 0 Å². The minimum atomic E-state index is -0.487. The number of carbonyl (C=O) groups excluding carboxylic acids is 1. The van der Waals surface area contributed by atoms with Gasteiger partial charge in [0.05, 0.1) is 12.1 Å². The quantitative estimate of drug-likeness (QED) is 0.657. The number of fused-ring (bicyclic) bond motifs is 3. The summed E-state index contributed by atoms with van der Waals surface area (Å²) >= 11 is 0. The maximum atomic E-state index is 12.5. The fraction of sp³-hybridized carbons (Fsp3) is 0.333. The minimum absolute atomic E-state index is 0.252. The number of benzene rings is 1. The topological polar surface area (TPSA) is 47.4 Å². The van der Waals surface area contributed by atoms with E-state index in [0.29, 0.717) is 13.1 Å². The van der Waals surface area contributed by atoms with Gasteiger partial charge in [-0.15, -0.1) is 0 Å². The van der Waals surface area contributed by atoms with Crippen LogP contribution in [0, 0.1) is 0 Å². The zero-order valence-corrected chi connectivity index (χ0v) is 15.4. The van der Waals surface area contributed by atoms with Crippen LogP contribution < -0.4 is 0 Å². The average Bonchev–Trinajstić information content (AvgIpc) is 2.95. The number of nitrogens with zero attached hydrogens (tertiary/aromatic N) is 3. The van der Waals surface area contributed by atoms with Crippen LogP contribution in [0.5, 0.6) is 0 Å². The van der Waals surface area contributed by atoms with Gasteiger partial charge >= 0.3 is 6.09 Å². The van der Waals surface area contributed by atoms with Gasteiger partial charge in [-0.3, -0.25) is 4.57 Å². The summed E-state index contributed by atoms with van der Waals surface area (Å²) in [4.78, 5) is 18.9. The number of rotatable bonds is 1. The zero-order chi connectivity index (χ0) is 18.3. The van der Waals surface area contributed by atoms with Gasteiger partial charge in [-0.25, -0.2) is 9.78 Å². The Labute approximate surface area is 153 Å². The Balaban J connectivity index is 1.77. The van der Waals surface area contributed by atoms with E-state index in [1.165, 1.54) is 16.6 Å². The van der Waals surface area contributed by atoms with E-state index >= 15 is 0 Å². The lowest BCUT2D eigenvalue weighted by molar-refractivity contribution is 0.0224. The summed E-state index contributed by atoms with van der Waals surface area (Å²) in [5.41, 5.74) is 3.05. The van der Waals surface area contributed by atoms with Gasteiger partial charge in [0.2, 0.25) is 0 Å². The first-order valence-corrected chi connectivity index (χ1v) is 8.94. The van der Waals surface area contributed by atoms with Crippen molar-refractivity contribution in [2.24, 2.45) is 0 Å². The Morgan fingerprint density at radius 1 is 1.12 bits per heavy atom. The van der Waals surface area contributed by atoms with Crippen molar-refractivity contribution >= 4 is 17.0 Å². The Bertz CT molecular complexity index is 955. The molecular weight excluding hydrogens is 326 g/mol. The summed E-state index contributed by atoms with van der Waals surface area (Å²) in [6, 6.07) is 14.3. The first-order chi connectivity index (χ1) is 12.4. The van der Waals surface area contributed by atoms with Crippen LogP contribution in [0.4, 0.5) is 4.79 Å². The van der Waals surface area contributed by atoms with E-state index in [4.69, 9.17) is 4.74 Å². The Hall–Kier alpha value is -2.82. The van der Waals surface area contributed by atoms with E-state index in [2.05, 4.69) is 21.7 Å². The minimum Gasteiger partial charge on any atom is -0.444 e. The van der Waals surface area contributed by atoms with Gasteiger partial charge < -0.3 is 9.64 Å². The third-order valence-electron chi connectivity index (χ3n) is 4.59.